The Hall–Kier alpha value is -3.17. The molecule has 10 heteroatoms. The Balaban J connectivity index is 1.38. The molecule has 1 aromatic heterocycles. The summed E-state index contributed by atoms with van der Waals surface area (Å²) in [5, 5.41) is 6.87. The van der Waals surface area contributed by atoms with E-state index in [2.05, 4.69) is 20.4 Å². The maximum atomic E-state index is 13.3. The number of rotatable bonds is 7. The van der Waals surface area contributed by atoms with Gasteiger partial charge in [0.25, 0.3) is 0 Å². The molecule has 3 aromatic rings. The van der Waals surface area contributed by atoms with E-state index < -0.39 is 5.82 Å². The van der Waals surface area contributed by atoms with Crippen LogP contribution in [-0.4, -0.2) is 48.3 Å². The minimum absolute atomic E-state index is 0.0280. The van der Waals surface area contributed by atoms with Crippen molar-refractivity contribution in [3.05, 3.63) is 53.1 Å². The van der Waals surface area contributed by atoms with Crippen LogP contribution in [0.4, 0.5) is 10.1 Å². The zero-order valence-corrected chi connectivity index (χ0v) is 19.1. The monoisotopic (exact) mass is 474 g/mol. The topological polar surface area (TPSA) is 89.7 Å². The number of hydrogen-bond donors (Lipinski definition) is 1. The van der Waals surface area contributed by atoms with Gasteiger partial charge in [-0.05, 0) is 55.8 Å². The minimum atomic E-state index is -0.523. The molecule has 1 aliphatic heterocycles. The predicted molar refractivity (Wildman–Crippen MR) is 121 cm³/mol. The fourth-order valence-electron chi connectivity index (χ4n) is 3.83. The molecule has 2 heterocycles. The molecule has 0 spiro atoms. The third kappa shape index (κ3) is 5.43. The standard InChI is InChI=1S/C23H24ClFN4O4/c1-31-19-8-5-14(10-20(19)32-2)22-27-21(33-28-22)13-29-9-3-4-15(12-29)23(30)26-16-6-7-18(25)17(24)11-16/h5-8,10-11,15H,3-4,9,12-13H2,1-2H3,(H,26,30)/t15-/m0/s1. The highest BCUT2D eigenvalue weighted by Crippen LogP contribution is 2.31. The summed E-state index contributed by atoms with van der Waals surface area (Å²) in [5.74, 6) is 1.25. The predicted octanol–water partition coefficient (Wildman–Crippen LogP) is 4.40. The van der Waals surface area contributed by atoms with Crippen molar-refractivity contribution >= 4 is 23.2 Å². The molecule has 1 fully saturated rings. The van der Waals surface area contributed by atoms with Gasteiger partial charge in [-0.3, -0.25) is 9.69 Å². The van der Waals surface area contributed by atoms with E-state index in [4.69, 9.17) is 25.6 Å². The van der Waals surface area contributed by atoms with E-state index in [1.54, 1.807) is 26.4 Å². The van der Waals surface area contributed by atoms with Crippen molar-refractivity contribution in [2.45, 2.75) is 19.4 Å². The molecule has 2 aromatic carbocycles. The van der Waals surface area contributed by atoms with Crippen molar-refractivity contribution in [1.29, 1.82) is 0 Å². The second-order valence-corrected chi connectivity index (χ2v) is 8.18. The number of halogens is 2. The van der Waals surface area contributed by atoms with Crippen molar-refractivity contribution in [2.75, 3.05) is 32.6 Å². The van der Waals surface area contributed by atoms with Crippen LogP contribution >= 0.6 is 11.6 Å². The molecule has 174 valence electrons. The number of amides is 1. The van der Waals surface area contributed by atoms with Gasteiger partial charge >= 0.3 is 0 Å². The van der Waals surface area contributed by atoms with Crippen LogP contribution < -0.4 is 14.8 Å². The highest BCUT2D eigenvalue weighted by molar-refractivity contribution is 6.31. The lowest BCUT2D eigenvalue weighted by molar-refractivity contribution is -0.121. The van der Waals surface area contributed by atoms with Crippen LogP contribution in [0.15, 0.2) is 40.9 Å². The lowest BCUT2D eigenvalue weighted by Gasteiger charge is -2.30. The first-order valence-electron chi connectivity index (χ1n) is 10.5. The van der Waals surface area contributed by atoms with Crippen LogP contribution in [0.2, 0.25) is 5.02 Å². The van der Waals surface area contributed by atoms with E-state index in [0.717, 1.165) is 24.9 Å². The molecule has 1 aliphatic rings. The first-order valence-corrected chi connectivity index (χ1v) is 10.9. The number of nitrogens with zero attached hydrogens (tertiary/aromatic N) is 3. The molecule has 0 saturated carbocycles. The van der Waals surface area contributed by atoms with Crippen molar-refractivity contribution in [3.8, 4) is 22.9 Å². The number of hydrogen-bond acceptors (Lipinski definition) is 7. The van der Waals surface area contributed by atoms with Gasteiger partial charge in [0.2, 0.25) is 17.6 Å². The summed E-state index contributed by atoms with van der Waals surface area (Å²) in [7, 11) is 3.14. The molecule has 4 rings (SSSR count). The van der Waals surface area contributed by atoms with Crippen molar-refractivity contribution in [1.82, 2.24) is 15.0 Å². The number of aromatic nitrogens is 2. The number of nitrogens with one attached hydrogen (secondary N) is 1. The molecule has 0 bridgehead atoms. The van der Waals surface area contributed by atoms with Gasteiger partial charge in [-0.25, -0.2) is 4.39 Å². The summed E-state index contributed by atoms with van der Waals surface area (Å²) in [6, 6.07) is 9.54. The van der Waals surface area contributed by atoms with E-state index in [1.807, 2.05) is 6.07 Å². The summed E-state index contributed by atoms with van der Waals surface area (Å²) in [6.45, 7) is 1.81. The molecule has 1 amide bonds. The number of piperidine rings is 1. The van der Waals surface area contributed by atoms with Gasteiger partial charge in [0.1, 0.15) is 5.82 Å². The smallest absolute Gasteiger partial charge is 0.241 e. The first kappa shape index (κ1) is 23.0. The fraction of sp³-hybridized carbons (Fsp3) is 0.348. The quantitative estimate of drug-likeness (QED) is 0.543. The second-order valence-electron chi connectivity index (χ2n) is 7.77. The Morgan fingerprint density at radius 2 is 2.06 bits per heavy atom. The van der Waals surface area contributed by atoms with Crippen molar-refractivity contribution in [3.63, 3.8) is 0 Å². The Morgan fingerprint density at radius 3 is 2.82 bits per heavy atom. The number of carbonyl (C=O) groups is 1. The normalized spacial score (nSPS) is 16.4. The van der Waals surface area contributed by atoms with Gasteiger partial charge in [0, 0.05) is 17.8 Å². The average Bonchev–Trinajstić information content (AvgIpc) is 3.29. The first-order chi connectivity index (χ1) is 16.0. The van der Waals surface area contributed by atoms with Crippen LogP contribution in [0.3, 0.4) is 0 Å². The summed E-state index contributed by atoms with van der Waals surface area (Å²) in [4.78, 5) is 19.3. The SMILES string of the molecule is COc1ccc(-c2noc(CN3CCC[C@H](C(=O)Nc4ccc(F)c(Cl)c4)C3)n2)cc1OC. The Labute approximate surface area is 195 Å². The largest absolute Gasteiger partial charge is 0.493 e. The van der Waals surface area contributed by atoms with Gasteiger partial charge in [-0.1, -0.05) is 16.8 Å². The van der Waals surface area contributed by atoms with Crippen molar-refractivity contribution in [2.24, 2.45) is 5.92 Å². The summed E-state index contributed by atoms with van der Waals surface area (Å²) >= 11 is 5.80. The molecule has 33 heavy (non-hydrogen) atoms. The molecule has 1 N–H and O–H groups in total. The van der Waals surface area contributed by atoms with Gasteiger partial charge in [0.15, 0.2) is 11.5 Å². The Morgan fingerprint density at radius 1 is 1.24 bits per heavy atom. The van der Waals surface area contributed by atoms with Crippen LogP contribution in [0, 0.1) is 11.7 Å². The van der Waals surface area contributed by atoms with E-state index in [0.29, 0.717) is 42.0 Å². The molecule has 0 radical (unpaired) electrons. The van der Waals surface area contributed by atoms with Crippen LogP contribution in [0.1, 0.15) is 18.7 Å². The van der Waals surface area contributed by atoms with E-state index in [1.165, 1.54) is 18.2 Å². The summed E-state index contributed by atoms with van der Waals surface area (Å²) in [6.07, 6.45) is 1.62. The highest BCUT2D eigenvalue weighted by atomic mass is 35.5. The summed E-state index contributed by atoms with van der Waals surface area (Å²) in [5.41, 5.74) is 1.22. The van der Waals surface area contributed by atoms with Crippen LogP contribution in [-0.2, 0) is 11.3 Å². The molecule has 8 nitrogen and oxygen atoms in total. The maximum absolute atomic E-state index is 13.3. The summed E-state index contributed by atoms with van der Waals surface area (Å²) < 4.78 is 29.4. The van der Waals surface area contributed by atoms with Crippen LogP contribution in [0.25, 0.3) is 11.4 Å². The molecule has 1 atom stereocenters. The fourth-order valence-corrected chi connectivity index (χ4v) is 4.01. The van der Waals surface area contributed by atoms with E-state index in [-0.39, 0.29) is 16.8 Å². The number of methoxy groups -OCH3 is 2. The molecular formula is C23H24ClFN4O4. The average molecular weight is 475 g/mol. The number of ether oxygens (including phenoxy) is 2. The number of likely N-dealkylation sites (tertiary alicyclic amines) is 1. The lowest BCUT2D eigenvalue weighted by Crippen LogP contribution is -2.40. The number of benzene rings is 2. The number of anilines is 1. The molecule has 0 aliphatic carbocycles. The van der Waals surface area contributed by atoms with Crippen molar-refractivity contribution < 1.29 is 23.2 Å². The number of carbonyl (C=O) groups excluding carboxylic acids is 1. The highest BCUT2D eigenvalue weighted by Gasteiger charge is 2.27. The van der Waals surface area contributed by atoms with Gasteiger partial charge in [0.05, 0.1) is 31.7 Å². The maximum Gasteiger partial charge on any atom is 0.241 e. The third-order valence-electron chi connectivity index (χ3n) is 5.53. The Kier molecular flexibility index (Phi) is 7.10. The van der Waals surface area contributed by atoms with Gasteiger partial charge in [-0.2, -0.15) is 4.98 Å². The lowest BCUT2D eigenvalue weighted by atomic mass is 9.97. The Bertz CT molecular complexity index is 1140. The zero-order chi connectivity index (χ0) is 23.4. The second kappa shape index (κ2) is 10.2. The van der Waals surface area contributed by atoms with Gasteiger partial charge < -0.3 is 19.3 Å². The molecule has 0 unspecified atom stereocenters. The van der Waals surface area contributed by atoms with E-state index >= 15 is 0 Å². The van der Waals surface area contributed by atoms with Gasteiger partial charge in [-0.15, -0.1) is 0 Å². The zero-order valence-electron chi connectivity index (χ0n) is 18.3. The third-order valence-corrected chi connectivity index (χ3v) is 5.82. The molecular weight excluding hydrogens is 451 g/mol. The van der Waals surface area contributed by atoms with E-state index in [9.17, 15) is 9.18 Å². The van der Waals surface area contributed by atoms with Crippen LogP contribution in [0.5, 0.6) is 11.5 Å². The minimum Gasteiger partial charge on any atom is -0.493 e. The molecule has 1 saturated heterocycles.